The average Bonchev–Trinajstić information content (AvgIpc) is 3.90. The van der Waals surface area contributed by atoms with Crippen LogP contribution in [0.25, 0.3) is 27.7 Å². The lowest BCUT2D eigenvalue weighted by Gasteiger charge is -2.38. The van der Waals surface area contributed by atoms with Crippen molar-refractivity contribution in [3.05, 3.63) is 59.4 Å². The molecule has 3 fully saturated rings. The number of urea groups is 1. The summed E-state index contributed by atoms with van der Waals surface area (Å²) in [4.78, 5) is 82.6. The van der Waals surface area contributed by atoms with Crippen LogP contribution in [0.4, 0.5) is 4.79 Å². The van der Waals surface area contributed by atoms with E-state index in [2.05, 4.69) is 85.2 Å². The molecule has 0 aliphatic carbocycles. The Bertz CT molecular complexity index is 2430. The van der Waals surface area contributed by atoms with E-state index in [0.717, 1.165) is 52.0 Å². The van der Waals surface area contributed by atoms with Crippen LogP contribution in [0, 0.1) is 11.3 Å². The number of aromatic nitrogens is 2. The van der Waals surface area contributed by atoms with Gasteiger partial charge in [-0.3, -0.25) is 34.1 Å². The number of aryl methyl sites for hydroxylation is 1. The van der Waals surface area contributed by atoms with Crippen molar-refractivity contribution in [2.75, 3.05) is 66.1 Å². The van der Waals surface area contributed by atoms with Crippen LogP contribution in [-0.2, 0) is 41.6 Å². The second-order valence-corrected chi connectivity index (χ2v) is 20.9. The SMILES string of the molecule is CCC(=O)N1CCO[C@H]2CN(C(=O)N(C)[C@H](C(=O)N[C@H]3CN4CCC=C(C4)c4ccc5c(c4)c(c(-c4cccnc4C(C)C)n5CC)CC(C)(C)COC(=O)[C@@H]4CCCN(N4)C3=O)C(C)C)C[C@H]21. The molecule has 16 nitrogen and oxygen atoms in total. The molecule has 5 amide bonds. The zero-order chi connectivity index (χ0) is 48.6. The van der Waals surface area contributed by atoms with Gasteiger partial charge in [0.05, 0.1) is 43.3 Å². The lowest BCUT2D eigenvalue weighted by molar-refractivity contribution is -0.155. The molecule has 368 valence electrons. The summed E-state index contributed by atoms with van der Waals surface area (Å²) < 4.78 is 14.6. The van der Waals surface area contributed by atoms with Crippen molar-refractivity contribution < 1.29 is 33.4 Å². The minimum Gasteiger partial charge on any atom is -0.464 e. The van der Waals surface area contributed by atoms with Gasteiger partial charge < -0.3 is 34.1 Å². The molecule has 5 aliphatic heterocycles. The molecule has 0 radical (unpaired) electrons. The molecule has 3 saturated heterocycles. The van der Waals surface area contributed by atoms with Crippen LogP contribution in [0.3, 0.4) is 0 Å². The van der Waals surface area contributed by atoms with Gasteiger partial charge in [-0.25, -0.2) is 10.2 Å². The highest BCUT2D eigenvalue weighted by Gasteiger charge is 2.46. The summed E-state index contributed by atoms with van der Waals surface area (Å²) >= 11 is 0. The number of carbonyl (C=O) groups is 5. The van der Waals surface area contributed by atoms with E-state index in [9.17, 15) is 24.0 Å². The van der Waals surface area contributed by atoms with Gasteiger partial charge >= 0.3 is 12.0 Å². The van der Waals surface area contributed by atoms with E-state index in [0.29, 0.717) is 71.6 Å². The first kappa shape index (κ1) is 49.1. The fourth-order valence-electron chi connectivity index (χ4n) is 11.2. The number of hydrogen-bond donors (Lipinski definition) is 2. The normalized spacial score (nSPS) is 24.9. The molecular formula is C52H73N9O7. The third-order valence-electron chi connectivity index (χ3n) is 14.6. The fourth-order valence-corrected chi connectivity index (χ4v) is 11.2. The van der Waals surface area contributed by atoms with E-state index < -0.39 is 35.4 Å². The van der Waals surface area contributed by atoms with Crippen LogP contribution in [0.5, 0.6) is 0 Å². The van der Waals surface area contributed by atoms with Crippen molar-refractivity contribution in [2.45, 2.75) is 130 Å². The van der Waals surface area contributed by atoms with E-state index >= 15 is 0 Å². The van der Waals surface area contributed by atoms with E-state index in [1.807, 2.05) is 37.9 Å². The van der Waals surface area contributed by atoms with Gasteiger partial charge in [0, 0.05) is 87.4 Å². The Kier molecular flexibility index (Phi) is 14.7. The quantitative estimate of drug-likeness (QED) is 0.279. The molecule has 68 heavy (non-hydrogen) atoms. The second kappa shape index (κ2) is 20.3. The number of rotatable bonds is 8. The van der Waals surface area contributed by atoms with E-state index in [-0.39, 0.29) is 55.0 Å². The monoisotopic (exact) mass is 936 g/mol. The maximum Gasteiger partial charge on any atom is 0.324 e. The number of hydrogen-bond acceptors (Lipinski definition) is 10. The van der Waals surface area contributed by atoms with Crippen LogP contribution >= 0.6 is 0 Å². The molecule has 7 heterocycles. The first-order valence-electron chi connectivity index (χ1n) is 25.0. The first-order valence-corrected chi connectivity index (χ1v) is 25.0. The topological polar surface area (TPSA) is 162 Å². The molecule has 6 bridgehead atoms. The maximum absolute atomic E-state index is 14.8. The number of hydrazine groups is 1. The Morgan fingerprint density at radius 3 is 2.56 bits per heavy atom. The molecule has 6 atom stereocenters. The van der Waals surface area contributed by atoms with Gasteiger partial charge in [0.1, 0.15) is 18.1 Å². The van der Waals surface area contributed by atoms with Crippen LogP contribution in [0.15, 0.2) is 42.6 Å². The predicted octanol–water partition coefficient (Wildman–Crippen LogP) is 5.44. The number of nitrogens with one attached hydrogen (secondary N) is 2. The number of pyridine rings is 1. The van der Waals surface area contributed by atoms with Gasteiger partial charge in [0.2, 0.25) is 11.8 Å². The van der Waals surface area contributed by atoms with Gasteiger partial charge in [0.25, 0.3) is 5.91 Å². The number of nitrogens with zero attached hydrogens (tertiary/aromatic N) is 7. The smallest absolute Gasteiger partial charge is 0.324 e. The Balaban J connectivity index is 1.11. The zero-order valence-electron chi connectivity index (χ0n) is 41.7. The molecule has 0 saturated carbocycles. The summed E-state index contributed by atoms with van der Waals surface area (Å²) in [7, 11) is 1.63. The van der Waals surface area contributed by atoms with Crippen LogP contribution < -0.4 is 10.7 Å². The van der Waals surface area contributed by atoms with Crippen molar-refractivity contribution in [2.24, 2.45) is 11.3 Å². The molecule has 1 unspecified atom stereocenters. The van der Waals surface area contributed by atoms with E-state index in [1.54, 1.807) is 11.9 Å². The van der Waals surface area contributed by atoms with Gasteiger partial charge in [-0.15, -0.1) is 0 Å². The summed E-state index contributed by atoms with van der Waals surface area (Å²) in [6, 6.07) is 7.64. The maximum atomic E-state index is 14.8. The summed E-state index contributed by atoms with van der Waals surface area (Å²) in [6.45, 7) is 20.6. The van der Waals surface area contributed by atoms with Crippen LogP contribution in [0.1, 0.15) is 104 Å². The minimum atomic E-state index is -1.01. The molecule has 2 N–H and O–H groups in total. The van der Waals surface area contributed by atoms with Gasteiger partial charge in [-0.2, -0.15) is 0 Å². The Morgan fingerprint density at radius 2 is 1.82 bits per heavy atom. The number of cyclic esters (lactones) is 1. The number of likely N-dealkylation sites (N-methyl/N-ethyl adjacent to an activating group) is 1. The van der Waals surface area contributed by atoms with Crippen LogP contribution in [-0.4, -0.2) is 160 Å². The van der Waals surface area contributed by atoms with Crippen molar-refractivity contribution in [3.8, 4) is 11.3 Å². The van der Waals surface area contributed by atoms with Crippen molar-refractivity contribution in [1.29, 1.82) is 0 Å². The number of benzene rings is 1. The van der Waals surface area contributed by atoms with E-state index in [1.165, 1.54) is 15.5 Å². The summed E-state index contributed by atoms with van der Waals surface area (Å²) in [6.07, 6.45) is 6.68. The fraction of sp³-hybridized carbons (Fsp3) is 0.615. The highest BCUT2D eigenvalue weighted by atomic mass is 16.5. The molecule has 16 heteroatoms. The summed E-state index contributed by atoms with van der Waals surface area (Å²) in [5.41, 5.74) is 10.6. The third kappa shape index (κ3) is 9.91. The second-order valence-electron chi connectivity index (χ2n) is 20.9. The Morgan fingerprint density at radius 1 is 1.03 bits per heavy atom. The molecular weight excluding hydrogens is 863 g/mol. The molecule has 3 aromatic rings. The number of likely N-dealkylation sites (tertiary alicyclic amines) is 1. The predicted molar refractivity (Wildman–Crippen MR) is 261 cm³/mol. The van der Waals surface area contributed by atoms with Gasteiger partial charge in [-0.05, 0) is 85.4 Å². The summed E-state index contributed by atoms with van der Waals surface area (Å²) in [5.74, 6) is -1.31. The molecule has 1 aromatic carbocycles. The van der Waals surface area contributed by atoms with Crippen molar-refractivity contribution in [1.82, 2.24) is 44.9 Å². The Labute approximate surface area is 401 Å². The number of morpholine rings is 1. The lowest BCUT2D eigenvalue weighted by atomic mass is 9.83. The highest BCUT2D eigenvalue weighted by molar-refractivity contribution is 5.95. The van der Waals surface area contributed by atoms with Crippen molar-refractivity contribution >= 4 is 46.2 Å². The van der Waals surface area contributed by atoms with Gasteiger partial charge in [0.15, 0.2) is 0 Å². The molecule has 8 rings (SSSR count). The zero-order valence-corrected chi connectivity index (χ0v) is 41.7. The number of amides is 5. The lowest BCUT2D eigenvalue weighted by Crippen LogP contribution is -2.64. The number of fused-ring (bicyclic) bond motifs is 7. The number of esters is 1. The minimum absolute atomic E-state index is 0.0272. The molecule has 0 spiro atoms. The van der Waals surface area contributed by atoms with Crippen molar-refractivity contribution in [3.63, 3.8) is 0 Å². The molecule has 2 aromatic heterocycles. The third-order valence-corrected chi connectivity index (χ3v) is 14.6. The van der Waals surface area contributed by atoms with Gasteiger partial charge in [-0.1, -0.05) is 60.6 Å². The number of ether oxygens (including phenoxy) is 2. The van der Waals surface area contributed by atoms with Crippen LogP contribution in [0.2, 0.25) is 0 Å². The first-order chi connectivity index (χ1) is 32.5. The standard InChI is InChI=1S/C52H73N9O7/c1-10-44(62)60-23-24-67-43-30-58(29-42(43)60)51(66)56(9)46(33(5)6)48(63)54-40-28-57-21-13-15-35(27-57)34-18-19-41-37(25-34)38(47(59(41)11-2)36-16-12-20-53-45(36)32(3)4)26-52(7,8)31-68-50(65)39-17-14-22-61(55-39)49(40)64/h12,15-16,18-20,25,32-33,39-40,42-43,46,55H,10-11,13-14,17,21-24,26-31H2,1-9H3,(H,54,63)/t39-,40-,42+,43-,46-/m0/s1. The average molecular weight is 936 g/mol. The summed E-state index contributed by atoms with van der Waals surface area (Å²) in [5, 5.41) is 5.74. The highest BCUT2D eigenvalue weighted by Crippen LogP contribution is 2.41. The Hall–Kier alpha value is -5.32. The largest absolute Gasteiger partial charge is 0.464 e. The van der Waals surface area contributed by atoms with E-state index in [4.69, 9.17) is 14.5 Å². The number of carbonyl (C=O) groups excluding carboxylic acids is 5. The molecule has 5 aliphatic rings.